The van der Waals surface area contributed by atoms with Crippen molar-refractivity contribution in [1.29, 1.82) is 0 Å². The predicted molar refractivity (Wildman–Crippen MR) is 80.7 cm³/mol. The van der Waals surface area contributed by atoms with Gasteiger partial charge >= 0.3 is 0 Å². The molecule has 1 fully saturated rings. The Bertz CT molecular complexity index is 452. The molecule has 1 heterocycles. The number of nitrogens with zero attached hydrogens (tertiary/aromatic N) is 1. The van der Waals surface area contributed by atoms with E-state index >= 15 is 0 Å². The van der Waals surface area contributed by atoms with Crippen LogP contribution in [0, 0.1) is 5.82 Å². The quantitative estimate of drug-likeness (QED) is 0.912. The largest absolute Gasteiger partial charge is 0.311 e. The maximum absolute atomic E-state index is 13.3. The Kier molecular flexibility index (Phi) is 4.64. The Morgan fingerprint density at radius 3 is 2.89 bits per heavy atom. The Balaban J connectivity index is 2.16. The minimum absolute atomic E-state index is 0.174. The molecule has 4 heteroatoms. The summed E-state index contributed by atoms with van der Waals surface area (Å²) in [6.07, 6.45) is 1.11. The zero-order valence-corrected chi connectivity index (χ0v) is 13.4. The molecule has 1 N–H and O–H groups in total. The van der Waals surface area contributed by atoms with Crippen LogP contribution in [0.1, 0.15) is 32.8 Å². The van der Waals surface area contributed by atoms with Crippen LogP contribution in [-0.4, -0.2) is 29.6 Å². The van der Waals surface area contributed by atoms with Gasteiger partial charge in [0, 0.05) is 31.2 Å². The third-order valence-electron chi connectivity index (χ3n) is 4.21. The van der Waals surface area contributed by atoms with Crippen LogP contribution in [0.3, 0.4) is 0 Å². The fourth-order valence-electron chi connectivity index (χ4n) is 2.58. The Hall–Kier alpha value is -0.450. The van der Waals surface area contributed by atoms with Crippen molar-refractivity contribution in [3.63, 3.8) is 0 Å². The second kappa shape index (κ2) is 5.90. The summed E-state index contributed by atoms with van der Waals surface area (Å²) in [7, 11) is 0. The van der Waals surface area contributed by atoms with E-state index in [2.05, 4.69) is 46.9 Å². The number of piperazine rings is 1. The van der Waals surface area contributed by atoms with Gasteiger partial charge in [-0.15, -0.1) is 0 Å². The van der Waals surface area contributed by atoms with Gasteiger partial charge in [0.25, 0.3) is 0 Å². The Morgan fingerprint density at radius 2 is 2.26 bits per heavy atom. The molecule has 1 aliphatic rings. The van der Waals surface area contributed by atoms with Gasteiger partial charge in [-0.05, 0) is 53.9 Å². The van der Waals surface area contributed by atoms with Crippen LogP contribution >= 0.6 is 15.9 Å². The van der Waals surface area contributed by atoms with E-state index in [-0.39, 0.29) is 11.4 Å². The number of nitrogens with one attached hydrogen (secondary N) is 1. The zero-order valence-electron chi connectivity index (χ0n) is 11.8. The van der Waals surface area contributed by atoms with Crippen molar-refractivity contribution in [3.05, 3.63) is 34.1 Å². The first-order valence-electron chi connectivity index (χ1n) is 6.87. The lowest BCUT2D eigenvalue weighted by molar-refractivity contribution is 0.0453. The van der Waals surface area contributed by atoms with Crippen molar-refractivity contribution >= 4 is 15.9 Å². The first-order chi connectivity index (χ1) is 8.94. The molecule has 0 amide bonds. The lowest BCUT2D eigenvalue weighted by atomic mass is 9.92. The molecule has 106 valence electrons. The smallest absolute Gasteiger partial charge is 0.137 e. The summed E-state index contributed by atoms with van der Waals surface area (Å²) >= 11 is 3.26. The zero-order chi connectivity index (χ0) is 14.0. The Labute approximate surface area is 123 Å². The monoisotopic (exact) mass is 328 g/mol. The molecular formula is C15H22BrFN2. The highest BCUT2D eigenvalue weighted by Crippen LogP contribution is 2.26. The molecular weight excluding hydrogens is 307 g/mol. The molecule has 1 aromatic carbocycles. The van der Waals surface area contributed by atoms with Gasteiger partial charge in [0.15, 0.2) is 0 Å². The number of benzene rings is 1. The van der Waals surface area contributed by atoms with Gasteiger partial charge in [0.1, 0.15) is 5.82 Å². The summed E-state index contributed by atoms with van der Waals surface area (Å²) in [6.45, 7) is 9.64. The van der Waals surface area contributed by atoms with Gasteiger partial charge in [-0.3, -0.25) is 4.90 Å². The van der Waals surface area contributed by atoms with Gasteiger partial charge in [0.05, 0.1) is 4.47 Å². The summed E-state index contributed by atoms with van der Waals surface area (Å²) in [6, 6.07) is 5.80. The minimum atomic E-state index is -0.198. The second-order valence-corrected chi connectivity index (χ2v) is 6.62. The first-order valence-corrected chi connectivity index (χ1v) is 7.66. The molecule has 2 unspecified atom stereocenters. The standard InChI is InChI=1S/C15H22BrFN2/c1-4-15(3)10-18-11(2)8-19(15)9-12-5-6-14(17)13(16)7-12/h5-7,11,18H,4,8-10H2,1-3H3. The Morgan fingerprint density at radius 1 is 1.53 bits per heavy atom. The molecule has 0 saturated carbocycles. The van der Waals surface area contributed by atoms with Crippen LogP contribution in [0.25, 0.3) is 0 Å². The average Bonchev–Trinajstić information content (AvgIpc) is 2.38. The summed E-state index contributed by atoms with van der Waals surface area (Å²) in [5.41, 5.74) is 1.33. The van der Waals surface area contributed by atoms with Crippen molar-refractivity contribution in [3.8, 4) is 0 Å². The number of rotatable bonds is 3. The number of hydrogen-bond donors (Lipinski definition) is 1. The third kappa shape index (κ3) is 3.36. The van der Waals surface area contributed by atoms with Crippen LogP contribution in [0.5, 0.6) is 0 Å². The molecule has 1 aliphatic heterocycles. The molecule has 0 aliphatic carbocycles. The highest BCUT2D eigenvalue weighted by Gasteiger charge is 2.34. The predicted octanol–water partition coefficient (Wildman–Crippen LogP) is 3.55. The van der Waals surface area contributed by atoms with Crippen LogP contribution in [0.2, 0.25) is 0 Å². The molecule has 0 radical (unpaired) electrons. The van der Waals surface area contributed by atoms with Crippen molar-refractivity contribution in [1.82, 2.24) is 10.2 Å². The third-order valence-corrected chi connectivity index (χ3v) is 4.82. The van der Waals surface area contributed by atoms with Crippen molar-refractivity contribution in [2.45, 2.75) is 45.3 Å². The molecule has 1 aromatic rings. The van der Waals surface area contributed by atoms with E-state index in [9.17, 15) is 4.39 Å². The van der Waals surface area contributed by atoms with E-state index in [0.717, 1.165) is 31.6 Å². The molecule has 0 aromatic heterocycles. The highest BCUT2D eigenvalue weighted by atomic mass is 79.9. The second-order valence-electron chi connectivity index (χ2n) is 5.76. The summed E-state index contributed by atoms with van der Waals surface area (Å²) in [5.74, 6) is -0.198. The number of halogens is 2. The van der Waals surface area contributed by atoms with Crippen LogP contribution in [-0.2, 0) is 6.54 Å². The van der Waals surface area contributed by atoms with Gasteiger partial charge in [-0.2, -0.15) is 0 Å². The van der Waals surface area contributed by atoms with E-state index in [1.54, 1.807) is 0 Å². The minimum Gasteiger partial charge on any atom is -0.311 e. The number of hydrogen-bond acceptors (Lipinski definition) is 2. The van der Waals surface area contributed by atoms with Gasteiger partial charge in [0.2, 0.25) is 0 Å². The van der Waals surface area contributed by atoms with Gasteiger partial charge in [-0.25, -0.2) is 4.39 Å². The molecule has 2 atom stereocenters. The van der Waals surface area contributed by atoms with Crippen LogP contribution in [0.15, 0.2) is 22.7 Å². The topological polar surface area (TPSA) is 15.3 Å². The SMILES string of the molecule is CCC1(C)CNC(C)CN1Cc1ccc(F)c(Br)c1. The van der Waals surface area contributed by atoms with Crippen LogP contribution < -0.4 is 5.32 Å². The molecule has 19 heavy (non-hydrogen) atoms. The first kappa shape index (κ1) is 14.9. The van der Waals surface area contributed by atoms with E-state index in [0.29, 0.717) is 10.5 Å². The fourth-order valence-corrected chi connectivity index (χ4v) is 3.01. The van der Waals surface area contributed by atoms with E-state index in [1.165, 1.54) is 6.07 Å². The van der Waals surface area contributed by atoms with Crippen molar-refractivity contribution in [2.75, 3.05) is 13.1 Å². The maximum Gasteiger partial charge on any atom is 0.137 e. The molecule has 2 nitrogen and oxygen atoms in total. The maximum atomic E-state index is 13.3. The summed E-state index contributed by atoms with van der Waals surface area (Å²) in [4.78, 5) is 2.51. The molecule has 1 saturated heterocycles. The van der Waals surface area contributed by atoms with Crippen LogP contribution in [0.4, 0.5) is 4.39 Å². The molecule has 0 spiro atoms. The fraction of sp³-hybridized carbons (Fsp3) is 0.600. The molecule has 2 rings (SSSR count). The normalized spacial score (nSPS) is 28.6. The lowest BCUT2D eigenvalue weighted by Crippen LogP contribution is -2.61. The lowest BCUT2D eigenvalue weighted by Gasteiger charge is -2.47. The molecule has 0 bridgehead atoms. The van der Waals surface area contributed by atoms with E-state index < -0.39 is 0 Å². The summed E-state index contributed by atoms with van der Waals surface area (Å²) < 4.78 is 13.8. The summed E-state index contributed by atoms with van der Waals surface area (Å²) in [5, 5.41) is 3.55. The average molecular weight is 329 g/mol. The van der Waals surface area contributed by atoms with E-state index in [1.807, 2.05) is 12.1 Å². The highest BCUT2D eigenvalue weighted by molar-refractivity contribution is 9.10. The van der Waals surface area contributed by atoms with Crippen molar-refractivity contribution in [2.24, 2.45) is 0 Å². The van der Waals surface area contributed by atoms with Gasteiger partial charge < -0.3 is 5.32 Å². The van der Waals surface area contributed by atoms with Gasteiger partial charge in [-0.1, -0.05) is 13.0 Å². The van der Waals surface area contributed by atoms with E-state index in [4.69, 9.17) is 0 Å². The van der Waals surface area contributed by atoms with Crippen molar-refractivity contribution < 1.29 is 4.39 Å².